The maximum atomic E-state index is 13.0. The van der Waals surface area contributed by atoms with E-state index in [0.717, 1.165) is 27.8 Å². The van der Waals surface area contributed by atoms with Gasteiger partial charge in [-0.3, -0.25) is 0 Å². The van der Waals surface area contributed by atoms with Gasteiger partial charge in [0, 0.05) is 36.9 Å². The lowest BCUT2D eigenvalue weighted by molar-refractivity contribution is 0.341. The van der Waals surface area contributed by atoms with Gasteiger partial charge >= 0.3 is 0 Å². The van der Waals surface area contributed by atoms with Crippen molar-refractivity contribution in [3.8, 4) is 11.8 Å². The van der Waals surface area contributed by atoms with Crippen LogP contribution in [0.5, 0.6) is 5.75 Å². The van der Waals surface area contributed by atoms with E-state index in [9.17, 15) is 4.21 Å². The molecule has 0 radical (unpaired) electrons. The molecule has 0 amide bonds. The molecule has 0 N–H and O–H groups in total. The lowest BCUT2D eigenvalue weighted by Gasteiger charge is -2.29. The first-order chi connectivity index (χ1) is 15.5. The zero-order valence-electron chi connectivity index (χ0n) is 19.0. The van der Waals surface area contributed by atoms with Gasteiger partial charge in [0.1, 0.15) is 5.75 Å². The Morgan fingerprint density at radius 2 is 1.97 bits per heavy atom. The summed E-state index contributed by atoms with van der Waals surface area (Å²) in [6, 6.07) is 15.6. The van der Waals surface area contributed by atoms with Gasteiger partial charge in [-0.15, -0.1) is 0 Å². The zero-order valence-corrected chi connectivity index (χ0v) is 19.8. The Hall–Kier alpha value is -3.14. The summed E-state index contributed by atoms with van der Waals surface area (Å²) in [6.45, 7) is 2.49. The molecule has 0 saturated heterocycles. The number of hydrogen-bond donors (Lipinski definition) is 0. The summed E-state index contributed by atoms with van der Waals surface area (Å²) >= 11 is 0. The van der Waals surface area contributed by atoms with Crippen LogP contribution >= 0.6 is 0 Å². The molecular weight excluding hydrogens is 418 g/mol. The molecule has 6 heteroatoms. The highest BCUT2D eigenvalue weighted by atomic mass is 32.2. The zero-order chi connectivity index (χ0) is 23.1. The van der Waals surface area contributed by atoms with Crippen LogP contribution in [0.2, 0.25) is 0 Å². The molecule has 0 saturated carbocycles. The third kappa shape index (κ3) is 5.37. The number of nitrogens with zero attached hydrogens (tertiary/aromatic N) is 3. The number of methoxy groups -OCH3 is 1. The fourth-order valence-electron chi connectivity index (χ4n) is 3.84. The Balaban J connectivity index is 2.08. The molecule has 3 rings (SSSR count). The summed E-state index contributed by atoms with van der Waals surface area (Å²) in [6.07, 6.45) is 12.7. The van der Waals surface area contributed by atoms with Crippen LogP contribution in [0.4, 0.5) is 0 Å². The van der Waals surface area contributed by atoms with Gasteiger partial charge in [-0.2, -0.15) is 5.26 Å². The lowest BCUT2D eigenvalue weighted by atomic mass is 10.0. The van der Waals surface area contributed by atoms with Crippen molar-refractivity contribution in [1.29, 1.82) is 5.26 Å². The van der Waals surface area contributed by atoms with E-state index in [4.69, 9.17) is 10.00 Å². The summed E-state index contributed by atoms with van der Waals surface area (Å²) in [5.74, 6) is 0.796. The predicted octanol–water partition coefficient (Wildman–Crippen LogP) is 5.42. The molecule has 0 bridgehead atoms. The van der Waals surface area contributed by atoms with Crippen LogP contribution in [0.1, 0.15) is 36.1 Å². The van der Waals surface area contributed by atoms with Gasteiger partial charge in [0.2, 0.25) is 0 Å². The van der Waals surface area contributed by atoms with Gasteiger partial charge in [-0.25, -0.2) is 8.51 Å². The van der Waals surface area contributed by atoms with E-state index >= 15 is 0 Å². The molecule has 2 aromatic carbocycles. The van der Waals surface area contributed by atoms with Crippen molar-refractivity contribution in [2.75, 3.05) is 13.4 Å². The van der Waals surface area contributed by atoms with E-state index in [1.807, 2.05) is 60.8 Å². The number of ether oxygens (including phenoxy) is 1. The number of aromatic nitrogens is 1. The van der Waals surface area contributed by atoms with E-state index in [1.54, 1.807) is 25.5 Å². The Morgan fingerprint density at radius 1 is 1.22 bits per heavy atom. The van der Waals surface area contributed by atoms with Crippen LogP contribution in [0.25, 0.3) is 10.9 Å². The predicted molar refractivity (Wildman–Crippen MR) is 132 cm³/mol. The normalized spacial score (nSPS) is 13.8. The number of nitriles is 1. The topological polar surface area (TPSA) is 58.3 Å². The van der Waals surface area contributed by atoms with E-state index < -0.39 is 11.0 Å². The second kappa shape index (κ2) is 10.9. The quantitative estimate of drug-likeness (QED) is 0.412. The second-order valence-corrected chi connectivity index (χ2v) is 8.91. The smallest absolute Gasteiger partial charge is 0.119 e. The van der Waals surface area contributed by atoms with E-state index in [2.05, 4.69) is 29.0 Å². The first kappa shape index (κ1) is 23.5. The minimum atomic E-state index is -1.21. The molecule has 0 aliphatic carbocycles. The fraction of sp³-hybridized carbons (Fsp3) is 0.269. The van der Waals surface area contributed by atoms with Gasteiger partial charge in [0.05, 0.1) is 35.8 Å². The SMILES string of the molecule is C/C=C\C=C/CC(c1cn(C)c2ccc(OC)cc12)N(Cc1ccc(C#N)cc1)S(C)=O. The number of rotatable bonds is 9. The molecule has 32 heavy (non-hydrogen) atoms. The summed E-state index contributed by atoms with van der Waals surface area (Å²) in [5.41, 5.74) is 3.84. The average Bonchev–Trinajstić information content (AvgIpc) is 3.13. The van der Waals surface area contributed by atoms with Gasteiger partial charge in [-0.05, 0) is 54.8 Å². The van der Waals surface area contributed by atoms with Crippen molar-refractivity contribution in [3.05, 3.63) is 89.7 Å². The van der Waals surface area contributed by atoms with Crippen molar-refractivity contribution in [3.63, 3.8) is 0 Å². The minimum absolute atomic E-state index is 0.103. The molecule has 1 aromatic heterocycles. The molecule has 1 heterocycles. The van der Waals surface area contributed by atoms with Crippen molar-refractivity contribution >= 4 is 21.9 Å². The molecular formula is C26H29N3O2S. The molecule has 0 spiro atoms. The fourth-order valence-corrected chi connectivity index (χ4v) is 4.72. The molecule has 0 fully saturated rings. The Labute approximate surface area is 192 Å². The van der Waals surface area contributed by atoms with Crippen LogP contribution in [0, 0.1) is 11.3 Å². The molecule has 3 aromatic rings. The first-order valence-electron chi connectivity index (χ1n) is 10.5. The summed E-state index contributed by atoms with van der Waals surface area (Å²) in [4.78, 5) is 0. The van der Waals surface area contributed by atoms with Crippen molar-refractivity contribution in [2.45, 2.75) is 25.9 Å². The standard InChI is InChI=1S/C26H29N3O2S/c1-5-6-7-8-9-26(24-19-28(2)25-15-14-22(31-3)16-23(24)25)29(32(4)30)18-21-12-10-20(17-27)11-13-21/h5-8,10-16,19,26H,9,18H2,1-4H3/b6-5-,8-7-. The highest BCUT2D eigenvalue weighted by Crippen LogP contribution is 2.35. The Bertz CT molecular complexity index is 1190. The summed E-state index contributed by atoms with van der Waals surface area (Å²) in [7, 11) is 2.48. The van der Waals surface area contributed by atoms with Crippen LogP contribution in [-0.4, -0.2) is 26.4 Å². The molecule has 166 valence electrons. The molecule has 0 aliphatic heterocycles. The van der Waals surface area contributed by atoms with Crippen LogP contribution in [0.15, 0.2) is 73.0 Å². The largest absolute Gasteiger partial charge is 0.497 e. The van der Waals surface area contributed by atoms with E-state index in [1.165, 1.54) is 0 Å². The Morgan fingerprint density at radius 3 is 2.59 bits per heavy atom. The van der Waals surface area contributed by atoms with Crippen LogP contribution in [-0.2, 0) is 24.6 Å². The lowest BCUT2D eigenvalue weighted by Crippen LogP contribution is -2.29. The third-order valence-electron chi connectivity index (χ3n) is 5.48. The summed E-state index contributed by atoms with van der Waals surface area (Å²) < 4.78 is 22.5. The first-order valence-corrected chi connectivity index (χ1v) is 12.0. The summed E-state index contributed by atoms with van der Waals surface area (Å²) in [5, 5.41) is 10.2. The van der Waals surface area contributed by atoms with Crippen LogP contribution < -0.4 is 4.74 Å². The third-order valence-corrected chi connectivity index (χ3v) is 6.53. The molecule has 0 aliphatic rings. The van der Waals surface area contributed by atoms with Crippen molar-refractivity contribution in [2.24, 2.45) is 7.05 Å². The van der Waals surface area contributed by atoms with Gasteiger partial charge < -0.3 is 9.30 Å². The molecule has 2 atom stereocenters. The van der Waals surface area contributed by atoms with E-state index in [0.29, 0.717) is 18.5 Å². The maximum absolute atomic E-state index is 13.0. The maximum Gasteiger partial charge on any atom is 0.119 e. The van der Waals surface area contributed by atoms with Crippen molar-refractivity contribution < 1.29 is 8.95 Å². The minimum Gasteiger partial charge on any atom is -0.497 e. The average molecular weight is 448 g/mol. The molecule has 2 unspecified atom stereocenters. The highest BCUT2D eigenvalue weighted by molar-refractivity contribution is 7.81. The number of benzene rings is 2. The Kier molecular flexibility index (Phi) is 8.04. The van der Waals surface area contributed by atoms with Crippen LogP contribution in [0.3, 0.4) is 0 Å². The van der Waals surface area contributed by atoms with Gasteiger partial charge in [-0.1, -0.05) is 36.4 Å². The van der Waals surface area contributed by atoms with Gasteiger partial charge in [0.15, 0.2) is 0 Å². The number of allylic oxidation sites excluding steroid dienone is 3. The van der Waals surface area contributed by atoms with Gasteiger partial charge in [0.25, 0.3) is 0 Å². The number of aryl methyl sites for hydroxylation is 1. The monoisotopic (exact) mass is 447 g/mol. The van der Waals surface area contributed by atoms with E-state index in [-0.39, 0.29) is 6.04 Å². The van der Waals surface area contributed by atoms with Crippen molar-refractivity contribution in [1.82, 2.24) is 8.87 Å². The number of fused-ring (bicyclic) bond motifs is 1. The number of hydrogen-bond acceptors (Lipinski definition) is 3. The second-order valence-electron chi connectivity index (χ2n) is 7.59. The highest BCUT2D eigenvalue weighted by Gasteiger charge is 2.26. The molecule has 5 nitrogen and oxygen atoms in total.